The van der Waals surface area contributed by atoms with E-state index in [0.717, 1.165) is 32.1 Å². The first-order valence-electron chi connectivity index (χ1n) is 12.1. The largest absolute Gasteiger partial charge is 0.474 e. The lowest BCUT2D eigenvalue weighted by atomic mass is 9.48. The predicted molar refractivity (Wildman–Crippen MR) is 126 cm³/mol. The first-order chi connectivity index (χ1) is 15.5. The standard InChI is InChI=1S/C25H38N4O4/c1-15(2)33-23-20(13-26-29(23)7-6-24(4,5)28-16(3)31)22(32)27-21-18-8-17-9-19(21)12-25(10-17,11-18)14-30/h6-7,13,15,17-19,21,30H,8-12,14H2,1-5H3,(H,27,32)(H,28,31). The molecule has 0 radical (unpaired) electrons. The number of nitrogens with one attached hydrogen (secondary N) is 2. The van der Waals surface area contributed by atoms with E-state index in [0.29, 0.717) is 29.2 Å². The highest BCUT2D eigenvalue weighted by Crippen LogP contribution is 2.59. The minimum atomic E-state index is -0.571. The summed E-state index contributed by atoms with van der Waals surface area (Å²) in [6.45, 7) is 9.34. The zero-order valence-electron chi connectivity index (χ0n) is 20.4. The monoisotopic (exact) mass is 458 g/mol. The van der Waals surface area contributed by atoms with Crippen molar-refractivity contribution in [3.05, 3.63) is 17.8 Å². The normalized spacial score (nSPS) is 30.8. The van der Waals surface area contributed by atoms with Gasteiger partial charge in [-0.1, -0.05) is 0 Å². The maximum absolute atomic E-state index is 13.4. The molecule has 0 aliphatic heterocycles. The molecule has 0 spiro atoms. The van der Waals surface area contributed by atoms with Gasteiger partial charge in [0.2, 0.25) is 11.8 Å². The Bertz CT molecular complexity index is 919. The molecule has 1 heterocycles. The van der Waals surface area contributed by atoms with Gasteiger partial charge in [0.25, 0.3) is 5.91 Å². The predicted octanol–water partition coefficient (Wildman–Crippen LogP) is 2.97. The number of aliphatic hydroxyl groups is 1. The molecule has 4 aliphatic carbocycles. The van der Waals surface area contributed by atoms with Gasteiger partial charge in [-0.25, -0.2) is 4.68 Å². The lowest BCUT2D eigenvalue weighted by Crippen LogP contribution is -2.60. The van der Waals surface area contributed by atoms with Gasteiger partial charge in [-0.3, -0.25) is 9.59 Å². The van der Waals surface area contributed by atoms with Gasteiger partial charge >= 0.3 is 0 Å². The van der Waals surface area contributed by atoms with Gasteiger partial charge in [0.05, 0.1) is 17.8 Å². The Kier molecular flexibility index (Phi) is 6.33. The number of nitrogens with zero attached hydrogens (tertiary/aromatic N) is 2. The summed E-state index contributed by atoms with van der Waals surface area (Å²) in [6, 6.07) is 0.137. The van der Waals surface area contributed by atoms with Crippen LogP contribution in [0.1, 0.15) is 77.1 Å². The number of ether oxygens (including phenoxy) is 1. The number of carbonyl (C=O) groups is 2. The molecule has 33 heavy (non-hydrogen) atoms. The third-order valence-corrected chi connectivity index (χ3v) is 7.51. The van der Waals surface area contributed by atoms with Crippen LogP contribution in [0.15, 0.2) is 12.3 Å². The molecule has 182 valence electrons. The molecule has 1 aromatic heterocycles. The van der Waals surface area contributed by atoms with Crippen molar-refractivity contribution in [1.29, 1.82) is 0 Å². The molecule has 4 fully saturated rings. The van der Waals surface area contributed by atoms with Crippen LogP contribution < -0.4 is 15.4 Å². The Morgan fingerprint density at radius 1 is 1.30 bits per heavy atom. The zero-order chi connectivity index (χ0) is 24.0. The van der Waals surface area contributed by atoms with Crippen molar-refractivity contribution in [1.82, 2.24) is 20.4 Å². The summed E-state index contributed by atoms with van der Waals surface area (Å²) >= 11 is 0. The minimum absolute atomic E-state index is 0.0695. The fraction of sp³-hybridized carbons (Fsp3) is 0.720. The molecule has 3 N–H and O–H groups in total. The smallest absolute Gasteiger partial charge is 0.258 e. The van der Waals surface area contributed by atoms with Gasteiger partial charge in [-0.2, -0.15) is 5.10 Å². The molecular weight excluding hydrogens is 420 g/mol. The molecule has 2 amide bonds. The molecule has 2 unspecified atom stereocenters. The number of aromatic nitrogens is 2. The maximum atomic E-state index is 13.4. The van der Waals surface area contributed by atoms with Crippen LogP contribution in [0.25, 0.3) is 6.20 Å². The number of hydrogen-bond donors (Lipinski definition) is 3. The molecule has 4 aliphatic rings. The number of rotatable bonds is 8. The van der Waals surface area contributed by atoms with Gasteiger partial charge in [0, 0.05) is 25.8 Å². The van der Waals surface area contributed by atoms with Crippen LogP contribution in [0.3, 0.4) is 0 Å². The molecule has 2 atom stereocenters. The van der Waals surface area contributed by atoms with Crippen molar-refractivity contribution in [3.63, 3.8) is 0 Å². The topological polar surface area (TPSA) is 105 Å². The molecule has 0 aromatic carbocycles. The van der Waals surface area contributed by atoms with E-state index in [1.807, 2.05) is 33.8 Å². The molecule has 4 bridgehead atoms. The van der Waals surface area contributed by atoms with E-state index in [9.17, 15) is 14.7 Å². The molecule has 4 saturated carbocycles. The third-order valence-electron chi connectivity index (χ3n) is 7.51. The van der Waals surface area contributed by atoms with Gasteiger partial charge in [-0.15, -0.1) is 0 Å². The molecule has 0 saturated heterocycles. The van der Waals surface area contributed by atoms with E-state index in [4.69, 9.17) is 4.74 Å². The average Bonchev–Trinajstić information content (AvgIpc) is 3.09. The van der Waals surface area contributed by atoms with E-state index in [1.165, 1.54) is 6.92 Å². The van der Waals surface area contributed by atoms with E-state index >= 15 is 0 Å². The number of aliphatic hydroxyl groups excluding tert-OH is 1. The lowest BCUT2D eigenvalue weighted by Gasteiger charge is -2.59. The highest BCUT2D eigenvalue weighted by Gasteiger charge is 2.55. The first-order valence-corrected chi connectivity index (χ1v) is 12.1. The molecule has 5 rings (SSSR count). The number of carbonyl (C=O) groups excluding carboxylic acids is 2. The molecular formula is C25H38N4O4. The SMILES string of the molecule is CC(=O)NC(C)(C)C=Cn1ncc(C(=O)NC2C3CC4CC2CC(CO)(C4)C3)c1OC(C)C. The van der Waals surface area contributed by atoms with Crippen molar-refractivity contribution in [2.45, 2.75) is 84.4 Å². The Hall–Kier alpha value is -2.35. The second-order valence-electron chi connectivity index (χ2n) is 11.3. The van der Waals surface area contributed by atoms with Crippen LogP contribution in [0.2, 0.25) is 0 Å². The Morgan fingerprint density at radius 2 is 1.97 bits per heavy atom. The van der Waals surface area contributed by atoms with Crippen molar-refractivity contribution >= 4 is 18.0 Å². The lowest BCUT2D eigenvalue weighted by molar-refractivity contribution is -0.120. The summed E-state index contributed by atoms with van der Waals surface area (Å²) in [5, 5.41) is 20.6. The summed E-state index contributed by atoms with van der Waals surface area (Å²) in [6.07, 6.45) is 10.4. The van der Waals surface area contributed by atoms with E-state index < -0.39 is 5.54 Å². The number of amides is 2. The van der Waals surface area contributed by atoms with Crippen LogP contribution in [0.5, 0.6) is 5.88 Å². The summed E-state index contributed by atoms with van der Waals surface area (Å²) in [7, 11) is 0. The summed E-state index contributed by atoms with van der Waals surface area (Å²) in [5.41, 5.74) is -0.0883. The van der Waals surface area contributed by atoms with Crippen LogP contribution in [-0.4, -0.2) is 51.0 Å². The van der Waals surface area contributed by atoms with Gasteiger partial charge in [0.1, 0.15) is 5.56 Å². The van der Waals surface area contributed by atoms with Crippen LogP contribution in [0, 0.1) is 23.2 Å². The Balaban J connectivity index is 1.53. The number of hydrogen-bond acceptors (Lipinski definition) is 5. The fourth-order valence-corrected chi connectivity index (χ4v) is 6.56. The van der Waals surface area contributed by atoms with Gasteiger partial charge in [-0.05, 0) is 89.0 Å². The van der Waals surface area contributed by atoms with E-state index in [2.05, 4.69) is 15.7 Å². The quantitative estimate of drug-likeness (QED) is 0.555. The zero-order valence-corrected chi connectivity index (χ0v) is 20.4. The highest BCUT2D eigenvalue weighted by atomic mass is 16.5. The second-order valence-corrected chi connectivity index (χ2v) is 11.3. The van der Waals surface area contributed by atoms with E-state index in [-0.39, 0.29) is 36.0 Å². The van der Waals surface area contributed by atoms with Crippen molar-refractivity contribution in [2.75, 3.05) is 6.61 Å². The van der Waals surface area contributed by atoms with Crippen LogP contribution >= 0.6 is 0 Å². The van der Waals surface area contributed by atoms with Crippen molar-refractivity contribution in [2.24, 2.45) is 23.2 Å². The third kappa shape index (κ3) is 4.95. The molecule has 1 aromatic rings. The summed E-state index contributed by atoms with van der Waals surface area (Å²) < 4.78 is 7.54. The maximum Gasteiger partial charge on any atom is 0.258 e. The summed E-state index contributed by atoms with van der Waals surface area (Å²) in [4.78, 5) is 24.8. The average molecular weight is 459 g/mol. The van der Waals surface area contributed by atoms with Crippen LogP contribution in [-0.2, 0) is 4.79 Å². The first kappa shape index (κ1) is 23.8. The Labute approximate surface area is 196 Å². The minimum Gasteiger partial charge on any atom is -0.474 e. The van der Waals surface area contributed by atoms with E-state index in [1.54, 1.807) is 17.1 Å². The van der Waals surface area contributed by atoms with Gasteiger partial charge < -0.3 is 20.5 Å². The van der Waals surface area contributed by atoms with Crippen LogP contribution in [0.4, 0.5) is 0 Å². The Morgan fingerprint density at radius 3 is 2.55 bits per heavy atom. The van der Waals surface area contributed by atoms with Crippen molar-refractivity contribution in [3.8, 4) is 5.88 Å². The highest BCUT2D eigenvalue weighted by molar-refractivity contribution is 5.96. The second kappa shape index (κ2) is 8.78. The van der Waals surface area contributed by atoms with Gasteiger partial charge in [0.15, 0.2) is 0 Å². The molecule has 8 nitrogen and oxygen atoms in total. The molecule has 8 heteroatoms. The fourth-order valence-electron chi connectivity index (χ4n) is 6.56. The summed E-state index contributed by atoms with van der Waals surface area (Å²) in [5.74, 6) is 1.64. The van der Waals surface area contributed by atoms with Crippen molar-refractivity contribution < 1.29 is 19.4 Å².